The number of aromatic nitrogens is 1. The van der Waals surface area contributed by atoms with Crippen LogP contribution in [-0.2, 0) is 21.3 Å². The van der Waals surface area contributed by atoms with Crippen LogP contribution in [0.1, 0.15) is 50.0 Å². The lowest BCUT2D eigenvalue weighted by molar-refractivity contribution is 0.0562. The maximum atomic E-state index is 14.2. The summed E-state index contributed by atoms with van der Waals surface area (Å²) in [5.41, 5.74) is 1.02. The van der Waals surface area contributed by atoms with Crippen LogP contribution in [-0.4, -0.2) is 82.1 Å². The molecule has 1 aliphatic heterocycles. The number of aryl methyl sites for hydroxylation is 1. The smallest absolute Gasteiger partial charge is 0.272 e. The number of carbonyl (C=O) groups excluding carboxylic acids is 1. The van der Waals surface area contributed by atoms with E-state index in [4.69, 9.17) is 32.7 Å². The molecular formula is C25H39Cl3N4O5S. The fraction of sp³-hybridized carbons (Fsp3) is 0.640. The molecule has 1 aromatic heterocycles. The number of hydrogen-bond acceptors (Lipinski definition) is 6. The summed E-state index contributed by atoms with van der Waals surface area (Å²) in [6.07, 6.45) is 4.57. The SMILES string of the molecule is COCCCCn1c(C(=O)N(C(C)C)[C@@H]2CCCNC2)c(Cl)c2c(Cl)ccc(OCCNS(C)(=O)=O)c21.Cl. The Morgan fingerprint density at radius 2 is 2.00 bits per heavy atom. The number of halogens is 3. The summed E-state index contributed by atoms with van der Waals surface area (Å²) in [5.74, 6) is 0.343. The van der Waals surface area contributed by atoms with E-state index in [-0.39, 0.29) is 43.5 Å². The van der Waals surface area contributed by atoms with Gasteiger partial charge in [-0.3, -0.25) is 4.79 Å². The lowest BCUT2D eigenvalue weighted by atomic mass is 10.0. The molecule has 1 atom stereocenters. The van der Waals surface area contributed by atoms with Crippen molar-refractivity contribution in [1.82, 2.24) is 19.5 Å². The maximum absolute atomic E-state index is 14.2. The second-order valence-corrected chi connectivity index (χ2v) is 12.2. The number of unbranched alkanes of at least 4 members (excludes halogenated alkanes) is 1. The maximum Gasteiger partial charge on any atom is 0.272 e. The zero-order chi connectivity index (χ0) is 27.2. The van der Waals surface area contributed by atoms with E-state index in [1.165, 1.54) is 0 Å². The molecule has 1 fully saturated rings. The van der Waals surface area contributed by atoms with Crippen molar-refractivity contribution in [2.75, 3.05) is 46.2 Å². The normalized spacial score (nSPS) is 16.0. The summed E-state index contributed by atoms with van der Waals surface area (Å²) < 4.78 is 38.4. The van der Waals surface area contributed by atoms with Gasteiger partial charge >= 0.3 is 0 Å². The molecule has 0 spiro atoms. The number of fused-ring (bicyclic) bond motifs is 1. The van der Waals surface area contributed by atoms with Gasteiger partial charge in [0.1, 0.15) is 18.1 Å². The fourth-order valence-corrected chi connectivity index (χ4v) is 5.97. The van der Waals surface area contributed by atoms with E-state index < -0.39 is 10.0 Å². The molecular weight excluding hydrogens is 575 g/mol. The Morgan fingerprint density at radius 1 is 1.26 bits per heavy atom. The highest BCUT2D eigenvalue weighted by Gasteiger charge is 2.34. The Balaban J connectivity index is 0.00000507. The van der Waals surface area contributed by atoms with Crippen molar-refractivity contribution in [2.45, 2.75) is 58.2 Å². The molecule has 2 aromatic rings. The van der Waals surface area contributed by atoms with Gasteiger partial charge in [-0.05, 0) is 58.2 Å². The van der Waals surface area contributed by atoms with Crippen LogP contribution in [0.2, 0.25) is 10.0 Å². The van der Waals surface area contributed by atoms with E-state index in [9.17, 15) is 13.2 Å². The van der Waals surface area contributed by atoms with Gasteiger partial charge in [-0.1, -0.05) is 23.2 Å². The molecule has 1 aromatic carbocycles. The molecule has 1 saturated heterocycles. The number of amides is 1. The molecule has 1 aliphatic rings. The van der Waals surface area contributed by atoms with Gasteiger partial charge in [-0.25, -0.2) is 13.1 Å². The summed E-state index contributed by atoms with van der Waals surface area (Å²) in [4.78, 5) is 16.1. The average molecular weight is 614 g/mol. The van der Waals surface area contributed by atoms with Crippen LogP contribution in [0.5, 0.6) is 5.75 Å². The number of carbonyl (C=O) groups is 1. The Kier molecular flexibility index (Phi) is 12.9. The van der Waals surface area contributed by atoms with E-state index in [1.807, 2.05) is 23.3 Å². The largest absolute Gasteiger partial charge is 0.490 e. The van der Waals surface area contributed by atoms with Crippen LogP contribution in [0.4, 0.5) is 0 Å². The lowest BCUT2D eigenvalue weighted by Crippen LogP contribution is -2.52. The van der Waals surface area contributed by atoms with Gasteiger partial charge in [-0.2, -0.15) is 0 Å². The van der Waals surface area contributed by atoms with Crippen LogP contribution in [0.3, 0.4) is 0 Å². The van der Waals surface area contributed by atoms with E-state index in [0.29, 0.717) is 45.5 Å². The van der Waals surface area contributed by atoms with Crippen LogP contribution in [0, 0.1) is 0 Å². The molecule has 2 N–H and O–H groups in total. The Morgan fingerprint density at radius 3 is 2.61 bits per heavy atom. The van der Waals surface area contributed by atoms with Gasteiger partial charge in [0.25, 0.3) is 5.91 Å². The molecule has 0 radical (unpaired) electrons. The summed E-state index contributed by atoms with van der Waals surface area (Å²) >= 11 is 13.6. The summed E-state index contributed by atoms with van der Waals surface area (Å²) in [6.45, 7) is 7.03. The van der Waals surface area contributed by atoms with Gasteiger partial charge in [0.15, 0.2) is 0 Å². The van der Waals surface area contributed by atoms with E-state index in [1.54, 1.807) is 19.2 Å². The molecule has 2 heterocycles. The second kappa shape index (κ2) is 14.9. The minimum Gasteiger partial charge on any atom is -0.490 e. The predicted molar refractivity (Wildman–Crippen MR) is 156 cm³/mol. The number of rotatable bonds is 13. The third-order valence-corrected chi connectivity index (χ3v) is 7.83. The van der Waals surface area contributed by atoms with Crippen molar-refractivity contribution in [3.63, 3.8) is 0 Å². The molecule has 0 unspecified atom stereocenters. The highest BCUT2D eigenvalue weighted by molar-refractivity contribution is 7.88. The third kappa shape index (κ3) is 8.13. The molecule has 0 aliphatic carbocycles. The quantitative estimate of drug-likeness (QED) is 0.326. The third-order valence-electron chi connectivity index (χ3n) is 6.42. The summed E-state index contributed by atoms with van der Waals surface area (Å²) in [6, 6.07) is 3.45. The standard InChI is InChI=1S/C25H38Cl2N4O5S.ClH/c1-17(2)31(18-8-7-11-28-16-18)25(32)24-22(27)21-19(26)9-10-20(36-15-12-29-37(4,33)34)23(21)30(24)13-5-6-14-35-3;/h9-10,17-18,28-29H,5-8,11-16H2,1-4H3;1H/t18-;/m1./s1. The van der Waals surface area contributed by atoms with Crippen LogP contribution < -0.4 is 14.8 Å². The molecule has 0 saturated carbocycles. The Hall–Kier alpha value is -1.27. The van der Waals surface area contributed by atoms with Gasteiger partial charge in [-0.15, -0.1) is 12.4 Å². The molecule has 3 rings (SSSR count). The minimum atomic E-state index is -3.34. The van der Waals surface area contributed by atoms with Gasteiger partial charge in [0.2, 0.25) is 10.0 Å². The van der Waals surface area contributed by atoms with E-state index in [0.717, 1.165) is 45.0 Å². The van der Waals surface area contributed by atoms with Gasteiger partial charge < -0.3 is 24.3 Å². The Bertz CT molecular complexity index is 1180. The summed E-state index contributed by atoms with van der Waals surface area (Å²) in [5, 5.41) is 4.67. The monoisotopic (exact) mass is 612 g/mol. The van der Waals surface area contributed by atoms with Crippen molar-refractivity contribution in [3.05, 3.63) is 27.9 Å². The zero-order valence-electron chi connectivity index (χ0n) is 22.4. The number of methoxy groups -OCH3 is 1. The number of ether oxygens (including phenoxy) is 2. The number of nitrogens with zero attached hydrogens (tertiary/aromatic N) is 2. The first-order valence-electron chi connectivity index (χ1n) is 12.7. The second-order valence-electron chi connectivity index (χ2n) is 9.60. The molecule has 38 heavy (non-hydrogen) atoms. The molecule has 0 bridgehead atoms. The Labute approximate surface area is 241 Å². The van der Waals surface area contributed by atoms with E-state index >= 15 is 0 Å². The zero-order valence-corrected chi connectivity index (χ0v) is 25.5. The van der Waals surface area contributed by atoms with Crippen LogP contribution >= 0.6 is 35.6 Å². The number of hydrogen-bond donors (Lipinski definition) is 2. The first kappa shape index (κ1) is 32.9. The number of nitrogens with one attached hydrogen (secondary N) is 2. The topological polar surface area (TPSA) is 102 Å². The molecule has 9 nitrogen and oxygen atoms in total. The minimum absolute atomic E-state index is 0. The van der Waals surface area contributed by atoms with E-state index in [2.05, 4.69) is 10.0 Å². The molecule has 13 heteroatoms. The van der Waals surface area contributed by atoms with Gasteiger partial charge in [0.05, 0.1) is 21.8 Å². The first-order chi connectivity index (χ1) is 17.6. The number of benzene rings is 1. The van der Waals surface area contributed by atoms with Crippen molar-refractivity contribution >= 4 is 62.4 Å². The average Bonchev–Trinajstić information content (AvgIpc) is 3.13. The number of sulfonamides is 1. The summed E-state index contributed by atoms with van der Waals surface area (Å²) in [7, 11) is -1.68. The molecule has 216 valence electrons. The lowest BCUT2D eigenvalue weighted by Gasteiger charge is -2.38. The van der Waals surface area contributed by atoms with Crippen molar-refractivity contribution < 1.29 is 22.7 Å². The van der Waals surface area contributed by atoms with Crippen LogP contribution in [0.25, 0.3) is 10.9 Å². The van der Waals surface area contributed by atoms with Crippen molar-refractivity contribution in [3.8, 4) is 5.75 Å². The highest BCUT2D eigenvalue weighted by atomic mass is 35.5. The predicted octanol–water partition coefficient (Wildman–Crippen LogP) is 4.33. The van der Waals surface area contributed by atoms with Crippen molar-refractivity contribution in [2.24, 2.45) is 0 Å². The number of piperidine rings is 1. The van der Waals surface area contributed by atoms with Gasteiger partial charge in [0, 0.05) is 50.8 Å². The van der Waals surface area contributed by atoms with Crippen molar-refractivity contribution in [1.29, 1.82) is 0 Å². The highest BCUT2D eigenvalue weighted by Crippen LogP contribution is 2.41. The molecule has 1 amide bonds. The fourth-order valence-electron chi connectivity index (χ4n) is 4.84. The van der Waals surface area contributed by atoms with Crippen LogP contribution in [0.15, 0.2) is 12.1 Å². The first-order valence-corrected chi connectivity index (χ1v) is 15.3.